The lowest BCUT2D eigenvalue weighted by molar-refractivity contribution is 0.400. The summed E-state index contributed by atoms with van der Waals surface area (Å²) in [7, 11) is 3.30. The van der Waals surface area contributed by atoms with Crippen LogP contribution in [0.1, 0.15) is 22.7 Å². The van der Waals surface area contributed by atoms with E-state index in [1.54, 1.807) is 14.2 Å². The molecule has 20 heavy (non-hydrogen) atoms. The summed E-state index contributed by atoms with van der Waals surface area (Å²) < 4.78 is 11.9. The van der Waals surface area contributed by atoms with Gasteiger partial charge in [0.25, 0.3) is 0 Å². The van der Waals surface area contributed by atoms with Crippen molar-refractivity contribution in [2.24, 2.45) is 5.73 Å². The number of para-hydroxylation sites is 1. The number of rotatable bonds is 4. The Morgan fingerprint density at radius 3 is 2.30 bits per heavy atom. The van der Waals surface area contributed by atoms with Crippen molar-refractivity contribution in [1.29, 1.82) is 0 Å². The van der Waals surface area contributed by atoms with Crippen molar-refractivity contribution in [2.45, 2.75) is 13.0 Å². The summed E-state index contributed by atoms with van der Waals surface area (Å²) in [5.41, 5.74) is 9.38. The van der Waals surface area contributed by atoms with Crippen LogP contribution in [0.3, 0.4) is 0 Å². The van der Waals surface area contributed by atoms with E-state index in [1.807, 2.05) is 43.3 Å². The largest absolute Gasteiger partial charge is 0.496 e. The van der Waals surface area contributed by atoms with Crippen molar-refractivity contribution in [3.63, 3.8) is 0 Å². The standard InChI is InChI=1S/C16H18BrNO2/c1-10-8-15(20-3)12(9-13(10)17)16(18)11-6-4-5-7-14(11)19-2/h4-9,16H,18H2,1-3H3. The van der Waals surface area contributed by atoms with Crippen LogP contribution in [0.15, 0.2) is 40.9 Å². The summed E-state index contributed by atoms with van der Waals surface area (Å²) in [6.45, 7) is 2.02. The maximum atomic E-state index is 6.41. The molecule has 106 valence electrons. The fourth-order valence-corrected chi connectivity index (χ4v) is 2.54. The minimum atomic E-state index is -0.307. The van der Waals surface area contributed by atoms with Gasteiger partial charge in [0.2, 0.25) is 0 Å². The van der Waals surface area contributed by atoms with Gasteiger partial charge in [-0.2, -0.15) is 0 Å². The second kappa shape index (κ2) is 6.29. The molecule has 3 nitrogen and oxygen atoms in total. The van der Waals surface area contributed by atoms with Crippen molar-refractivity contribution in [3.8, 4) is 11.5 Å². The van der Waals surface area contributed by atoms with Crippen LogP contribution in [0.25, 0.3) is 0 Å². The Labute approximate surface area is 127 Å². The first-order valence-corrected chi connectivity index (χ1v) is 7.10. The van der Waals surface area contributed by atoms with Gasteiger partial charge in [-0.15, -0.1) is 0 Å². The van der Waals surface area contributed by atoms with Gasteiger partial charge in [0, 0.05) is 15.6 Å². The number of ether oxygens (including phenoxy) is 2. The average molecular weight is 336 g/mol. The smallest absolute Gasteiger partial charge is 0.124 e. The van der Waals surface area contributed by atoms with Crippen LogP contribution in [0, 0.1) is 6.92 Å². The summed E-state index contributed by atoms with van der Waals surface area (Å²) in [6, 6.07) is 11.4. The molecular formula is C16H18BrNO2. The van der Waals surface area contributed by atoms with Crippen molar-refractivity contribution in [2.75, 3.05) is 14.2 Å². The Kier molecular flexibility index (Phi) is 4.68. The van der Waals surface area contributed by atoms with E-state index in [-0.39, 0.29) is 6.04 Å². The second-order valence-electron chi connectivity index (χ2n) is 4.56. The first-order chi connectivity index (χ1) is 9.58. The zero-order chi connectivity index (χ0) is 14.7. The number of halogens is 1. The fraction of sp³-hybridized carbons (Fsp3) is 0.250. The summed E-state index contributed by atoms with van der Waals surface area (Å²) in [6.07, 6.45) is 0. The highest BCUT2D eigenvalue weighted by atomic mass is 79.9. The molecule has 0 spiro atoms. The molecule has 0 saturated heterocycles. The lowest BCUT2D eigenvalue weighted by atomic mass is 9.97. The number of methoxy groups -OCH3 is 2. The third-order valence-corrected chi connectivity index (χ3v) is 4.17. The molecule has 0 heterocycles. The minimum Gasteiger partial charge on any atom is -0.496 e. The van der Waals surface area contributed by atoms with E-state index in [2.05, 4.69) is 15.9 Å². The topological polar surface area (TPSA) is 44.5 Å². The average Bonchev–Trinajstić information content (AvgIpc) is 2.48. The van der Waals surface area contributed by atoms with Crippen molar-refractivity contribution in [3.05, 3.63) is 57.6 Å². The molecule has 0 saturated carbocycles. The third-order valence-electron chi connectivity index (χ3n) is 3.32. The first kappa shape index (κ1) is 14.9. The van der Waals surface area contributed by atoms with Crippen LogP contribution in [0.5, 0.6) is 11.5 Å². The lowest BCUT2D eigenvalue weighted by Gasteiger charge is -2.19. The van der Waals surface area contributed by atoms with E-state index in [4.69, 9.17) is 15.2 Å². The number of nitrogens with two attached hydrogens (primary N) is 1. The highest BCUT2D eigenvalue weighted by Crippen LogP contribution is 2.36. The van der Waals surface area contributed by atoms with Crippen LogP contribution in [0.4, 0.5) is 0 Å². The first-order valence-electron chi connectivity index (χ1n) is 6.31. The molecule has 2 aromatic rings. The molecule has 2 aromatic carbocycles. The molecular weight excluding hydrogens is 318 g/mol. The molecule has 0 aliphatic rings. The van der Waals surface area contributed by atoms with Crippen LogP contribution in [-0.2, 0) is 0 Å². The summed E-state index contributed by atoms with van der Waals surface area (Å²) in [5, 5.41) is 0. The predicted molar refractivity (Wildman–Crippen MR) is 84.5 cm³/mol. The zero-order valence-electron chi connectivity index (χ0n) is 11.8. The normalized spacial score (nSPS) is 12.1. The van der Waals surface area contributed by atoms with Crippen molar-refractivity contribution >= 4 is 15.9 Å². The molecule has 0 radical (unpaired) electrons. The zero-order valence-corrected chi connectivity index (χ0v) is 13.4. The van der Waals surface area contributed by atoms with E-state index in [9.17, 15) is 0 Å². The van der Waals surface area contributed by atoms with Gasteiger partial charge in [0.15, 0.2) is 0 Å². The van der Waals surface area contributed by atoms with Crippen LogP contribution < -0.4 is 15.2 Å². The van der Waals surface area contributed by atoms with E-state index >= 15 is 0 Å². The van der Waals surface area contributed by atoms with E-state index < -0.39 is 0 Å². The Morgan fingerprint density at radius 1 is 1.00 bits per heavy atom. The number of benzene rings is 2. The van der Waals surface area contributed by atoms with Crippen molar-refractivity contribution in [1.82, 2.24) is 0 Å². The molecule has 2 N–H and O–H groups in total. The van der Waals surface area contributed by atoms with Gasteiger partial charge < -0.3 is 15.2 Å². The Balaban J connectivity index is 2.52. The number of aryl methyl sites for hydroxylation is 1. The van der Waals surface area contributed by atoms with Crippen LogP contribution in [-0.4, -0.2) is 14.2 Å². The quantitative estimate of drug-likeness (QED) is 0.923. The van der Waals surface area contributed by atoms with Gasteiger partial charge in [0.05, 0.1) is 20.3 Å². The Hall–Kier alpha value is -1.52. The molecule has 0 aliphatic carbocycles. The van der Waals surface area contributed by atoms with Gasteiger partial charge in [-0.3, -0.25) is 0 Å². The molecule has 0 amide bonds. The van der Waals surface area contributed by atoms with E-state index in [0.717, 1.165) is 32.7 Å². The molecule has 4 heteroatoms. The highest BCUT2D eigenvalue weighted by molar-refractivity contribution is 9.10. The summed E-state index contributed by atoms with van der Waals surface area (Å²) in [4.78, 5) is 0. The minimum absolute atomic E-state index is 0.307. The fourth-order valence-electron chi connectivity index (χ4n) is 2.18. The van der Waals surface area contributed by atoms with Gasteiger partial charge in [-0.05, 0) is 30.7 Å². The molecule has 0 aliphatic heterocycles. The Bertz CT molecular complexity index is 613. The van der Waals surface area contributed by atoms with E-state index in [0.29, 0.717) is 0 Å². The molecule has 0 fully saturated rings. The molecule has 0 aromatic heterocycles. The van der Waals surface area contributed by atoms with Gasteiger partial charge in [-0.25, -0.2) is 0 Å². The van der Waals surface area contributed by atoms with E-state index in [1.165, 1.54) is 0 Å². The summed E-state index contributed by atoms with van der Waals surface area (Å²) in [5.74, 6) is 1.56. The van der Waals surface area contributed by atoms with Crippen molar-refractivity contribution < 1.29 is 9.47 Å². The Morgan fingerprint density at radius 2 is 1.65 bits per heavy atom. The predicted octanol–water partition coefficient (Wildman–Crippen LogP) is 3.82. The molecule has 1 unspecified atom stereocenters. The number of hydrogen-bond acceptors (Lipinski definition) is 3. The molecule has 1 atom stereocenters. The highest BCUT2D eigenvalue weighted by Gasteiger charge is 2.18. The lowest BCUT2D eigenvalue weighted by Crippen LogP contribution is -2.14. The van der Waals surface area contributed by atoms with Gasteiger partial charge in [0.1, 0.15) is 11.5 Å². The molecule has 0 bridgehead atoms. The summed E-state index contributed by atoms with van der Waals surface area (Å²) >= 11 is 3.54. The SMILES string of the molecule is COc1ccccc1C(N)c1cc(Br)c(C)cc1OC. The monoisotopic (exact) mass is 335 g/mol. The number of hydrogen-bond donors (Lipinski definition) is 1. The second-order valence-corrected chi connectivity index (χ2v) is 5.42. The van der Waals surface area contributed by atoms with Crippen LogP contribution in [0.2, 0.25) is 0 Å². The third kappa shape index (κ3) is 2.81. The maximum Gasteiger partial charge on any atom is 0.124 e. The van der Waals surface area contributed by atoms with Gasteiger partial charge in [-0.1, -0.05) is 34.1 Å². The maximum absolute atomic E-state index is 6.41. The molecule has 2 rings (SSSR count). The van der Waals surface area contributed by atoms with Crippen LogP contribution >= 0.6 is 15.9 Å². The van der Waals surface area contributed by atoms with Gasteiger partial charge >= 0.3 is 0 Å².